The first-order valence-corrected chi connectivity index (χ1v) is 7.83. The summed E-state index contributed by atoms with van der Waals surface area (Å²) in [6.07, 6.45) is 3.43. The molecule has 1 fully saturated rings. The fourth-order valence-electron chi connectivity index (χ4n) is 2.81. The monoisotopic (exact) mass is 368 g/mol. The average molecular weight is 370 g/mol. The van der Waals surface area contributed by atoms with Gasteiger partial charge in [0, 0.05) is 17.5 Å². The zero-order valence-electron chi connectivity index (χ0n) is 12.2. The van der Waals surface area contributed by atoms with Crippen molar-refractivity contribution in [3.8, 4) is 0 Å². The van der Waals surface area contributed by atoms with E-state index in [4.69, 9.17) is 28.9 Å². The summed E-state index contributed by atoms with van der Waals surface area (Å²) in [6, 6.07) is 2.33. The van der Waals surface area contributed by atoms with Crippen LogP contribution in [0, 0.1) is 11.7 Å². The summed E-state index contributed by atoms with van der Waals surface area (Å²) in [4.78, 5) is 12.1. The Labute approximate surface area is 146 Å². The molecule has 0 spiro atoms. The molecule has 0 aromatic heterocycles. The van der Waals surface area contributed by atoms with Crippen molar-refractivity contribution in [2.45, 2.75) is 44.7 Å². The highest BCUT2D eigenvalue weighted by Crippen LogP contribution is 2.30. The van der Waals surface area contributed by atoms with Crippen molar-refractivity contribution in [2.75, 3.05) is 0 Å². The number of halogens is 4. The van der Waals surface area contributed by atoms with Crippen LogP contribution in [0.1, 0.15) is 44.2 Å². The van der Waals surface area contributed by atoms with Gasteiger partial charge in [-0.2, -0.15) is 0 Å². The Morgan fingerprint density at radius 3 is 2.68 bits per heavy atom. The Kier molecular flexibility index (Phi) is 7.39. The first-order valence-electron chi connectivity index (χ1n) is 7.08. The van der Waals surface area contributed by atoms with Crippen molar-refractivity contribution >= 4 is 41.5 Å². The fourth-order valence-corrected chi connectivity index (χ4v) is 3.35. The summed E-state index contributed by atoms with van der Waals surface area (Å²) in [5.74, 6) is -0.402. The van der Waals surface area contributed by atoms with Crippen LogP contribution < -0.4 is 11.1 Å². The number of nitrogens with two attached hydrogens (primary N) is 1. The molecule has 1 aromatic rings. The van der Waals surface area contributed by atoms with Crippen molar-refractivity contribution < 1.29 is 9.18 Å². The quantitative estimate of drug-likeness (QED) is 0.780. The van der Waals surface area contributed by atoms with Crippen molar-refractivity contribution in [3.05, 3.63) is 33.6 Å². The lowest BCUT2D eigenvalue weighted by molar-refractivity contribution is -0.122. The maximum absolute atomic E-state index is 13.5. The number of hydrogen-bond donors (Lipinski definition) is 2. The fraction of sp³-hybridized carbons (Fsp3) is 0.533. The van der Waals surface area contributed by atoms with Crippen LogP contribution >= 0.6 is 35.6 Å². The van der Waals surface area contributed by atoms with E-state index in [1.165, 1.54) is 12.1 Å². The highest BCUT2D eigenvalue weighted by Gasteiger charge is 2.26. The van der Waals surface area contributed by atoms with Gasteiger partial charge < -0.3 is 11.1 Å². The van der Waals surface area contributed by atoms with Crippen LogP contribution in [0.4, 0.5) is 4.39 Å². The van der Waals surface area contributed by atoms with E-state index in [-0.39, 0.29) is 41.3 Å². The lowest BCUT2D eigenvalue weighted by atomic mass is 9.99. The van der Waals surface area contributed by atoms with E-state index in [1.807, 2.05) is 0 Å². The molecule has 0 heterocycles. The maximum atomic E-state index is 13.5. The van der Waals surface area contributed by atoms with E-state index in [2.05, 4.69) is 5.32 Å². The predicted octanol–water partition coefficient (Wildman–Crippen LogP) is 4.25. The Balaban J connectivity index is 0.00000242. The van der Waals surface area contributed by atoms with Gasteiger partial charge in [-0.05, 0) is 43.4 Å². The summed E-state index contributed by atoms with van der Waals surface area (Å²) in [6.45, 7) is 1.76. The first-order chi connectivity index (χ1) is 9.88. The van der Waals surface area contributed by atoms with E-state index < -0.39 is 5.82 Å². The van der Waals surface area contributed by atoms with Gasteiger partial charge in [0.1, 0.15) is 5.82 Å². The minimum absolute atomic E-state index is 0. The molecule has 3 nitrogen and oxygen atoms in total. The standard InChI is InChI=1S/C15H19Cl2FN2O.ClH/c1-8(10-6-13(18)12(17)7-11(10)16)20-15(21)5-9-3-2-4-14(9)19;/h6-9,14H,2-5,19H2,1H3,(H,20,21);1H/t8?,9-,14+;/m0./s1. The van der Waals surface area contributed by atoms with E-state index in [0.29, 0.717) is 17.0 Å². The Bertz CT molecular complexity index is 542. The van der Waals surface area contributed by atoms with Gasteiger partial charge in [-0.25, -0.2) is 4.39 Å². The molecule has 124 valence electrons. The maximum Gasteiger partial charge on any atom is 0.220 e. The number of carbonyl (C=O) groups is 1. The van der Waals surface area contributed by atoms with Crippen LogP contribution in [-0.2, 0) is 4.79 Å². The van der Waals surface area contributed by atoms with E-state index >= 15 is 0 Å². The van der Waals surface area contributed by atoms with E-state index in [9.17, 15) is 9.18 Å². The van der Waals surface area contributed by atoms with Gasteiger partial charge in [-0.3, -0.25) is 4.79 Å². The molecule has 2 rings (SSSR count). The normalized spacial score (nSPS) is 22.0. The number of rotatable bonds is 4. The highest BCUT2D eigenvalue weighted by molar-refractivity contribution is 6.35. The lowest BCUT2D eigenvalue weighted by Gasteiger charge is -2.19. The predicted molar refractivity (Wildman–Crippen MR) is 90.2 cm³/mol. The zero-order valence-corrected chi connectivity index (χ0v) is 14.6. The smallest absolute Gasteiger partial charge is 0.220 e. The molecule has 1 aromatic carbocycles. The minimum Gasteiger partial charge on any atom is -0.350 e. The molecular formula is C15H20Cl3FN2O. The van der Waals surface area contributed by atoms with Gasteiger partial charge in [-0.15, -0.1) is 12.4 Å². The van der Waals surface area contributed by atoms with Gasteiger partial charge in [0.05, 0.1) is 11.1 Å². The topological polar surface area (TPSA) is 55.1 Å². The zero-order chi connectivity index (χ0) is 15.6. The molecule has 7 heteroatoms. The summed E-state index contributed by atoms with van der Waals surface area (Å²) < 4.78 is 13.5. The second kappa shape index (κ2) is 8.34. The molecule has 22 heavy (non-hydrogen) atoms. The Hall–Kier alpha value is -0.550. The number of nitrogens with one attached hydrogen (secondary N) is 1. The SMILES string of the molecule is CC(NC(=O)C[C@@H]1CCC[C@H]1N)c1cc(F)c(Cl)cc1Cl.Cl. The third kappa shape index (κ3) is 4.72. The summed E-state index contributed by atoms with van der Waals surface area (Å²) in [5, 5.41) is 3.15. The number of benzene rings is 1. The van der Waals surface area contributed by atoms with Gasteiger partial charge in [0.15, 0.2) is 0 Å². The second-order valence-electron chi connectivity index (χ2n) is 5.64. The van der Waals surface area contributed by atoms with Crippen LogP contribution in [0.25, 0.3) is 0 Å². The molecule has 1 amide bonds. The summed E-state index contributed by atoms with van der Waals surface area (Å²) in [5.41, 5.74) is 6.48. The molecule has 1 aliphatic carbocycles. The molecule has 0 bridgehead atoms. The molecule has 1 saturated carbocycles. The van der Waals surface area contributed by atoms with Crippen molar-refractivity contribution in [1.82, 2.24) is 5.32 Å². The van der Waals surface area contributed by atoms with Crippen LogP contribution in [0.2, 0.25) is 10.0 Å². The van der Waals surface area contributed by atoms with Crippen LogP contribution in [0.15, 0.2) is 12.1 Å². The van der Waals surface area contributed by atoms with E-state index in [0.717, 1.165) is 19.3 Å². The largest absolute Gasteiger partial charge is 0.350 e. The van der Waals surface area contributed by atoms with Gasteiger partial charge >= 0.3 is 0 Å². The minimum atomic E-state index is -0.546. The van der Waals surface area contributed by atoms with Crippen LogP contribution in [0.5, 0.6) is 0 Å². The summed E-state index contributed by atoms with van der Waals surface area (Å²) in [7, 11) is 0. The Morgan fingerprint density at radius 1 is 1.41 bits per heavy atom. The average Bonchev–Trinajstić information content (AvgIpc) is 2.79. The molecule has 0 radical (unpaired) electrons. The third-order valence-corrected chi connectivity index (χ3v) is 4.67. The molecule has 3 atom stereocenters. The third-order valence-electron chi connectivity index (χ3n) is 4.05. The lowest BCUT2D eigenvalue weighted by Crippen LogP contribution is -2.33. The number of hydrogen-bond acceptors (Lipinski definition) is 2. The van der Waals surface area contributed by atoms with Crippen molar-refractivity contribution in [3.63, 3.8) is 0 Å². The molecule has 0 saturated heterocycles. The first kappa shape index (κ1) is 19.5. The van der Waals surface area contributed by atoms with Crippen LogP contribution in [-0.4, -0.2) is 11.9 Å². The molecule has 1 unspecified atom stereocenters. The summed E-state index contributed by atoms with van der Waals surface area (Å²) >= 11 is 11.7. The molecular weight excluding hydrogens is 350 g/mol. The molecule has 3 N–H and O–H groups in total. The van der Waals surface area contributed by atoms with Gasteiger partial charge in [-0.1, -0.05) is 29.6 Å². The second-order valence-corrected chi connectivity index (χ2v) is 6.45. The Morgan fingerprint density at radius 2 is 2.09 bits per heavy atom. The number of amides is 1. The van der Waals surface area contributed by atoms with Crippen molar-refractivity contribution in [1.29, 1.82) is 0 Å². The van der Waals surface area contributed by atoms with Crippen LogP contribution in [0.3, 0.4) is 0 Å². The van der Waals surface area contributed by atoms with E-state index in [1.54, 1.807) is 6.92 Å². The van der Waals surface area contributed by atoms with Crippen molar-refractivity contribution in [2.24, 2.45) is 11.7 Å². The molecule has 1 aliphatic rings. The molecule has 0 aliphatic heterocycles. The highest BCUT2D eigenvalue weighted by atomic mass is 35.5. The number of carbonyl (C=O) groups excluding carboxylic acids is 1. The van der Waals surface area contributed by atoms with Gasteiger partial charge in [0.2, 0.25) is 5.91 Å². The van der Waals surface area contributed by atoms with Gasteiger partial charge in [0.25, 0.3) is 0 Å².